The summed E-state index contributed by atoms with van der Waals surface area (Å²) in [7, 11) is -4.30. The van der Waals surface area contributed by atoms with Crippen molar-refractivity contribution in [2.45, 2.75) is 79.4 Å². The summed E-state index contributed by atoms with van der Waals surface area (Å²) in [4.78, 5) is 67.3. The van der Waals surface area contributed by atoms with Crippen molar-refractivity contribution in [3.05, 3.63) is 72.0 Å². The van der Waals surface area contributed by atoms with Gasteiger partial charge in [0, 0.05) is 19.4 Å². The van der Waals surface area contributed by atoms with Gasteiger partial charge in [-0.1, -0.05) is 63.4 Å². The highest BCUT2D eigenvalue weighted by Crippen LogP contribution is 2.48. The number of amides is 3. The molecule has 0 aliphatic heterocycles. The van der Waals surface area contributed by atoms with Crippen LogP contribution in [0.1, 0.15) is 82.8 Å². The van der Waals surface area contributed by atoms with Crippen LogP contribution < -0.4 is 20.7 Å². The number of nitrogens with zero attached hydrogens (tertiary/aromatic N) is 1. The monoisotopic (exact) mass is 787 g/mol. The second kappa shape index (κ2) is 23.0. The summed E-state index contributed by atoms with van der Waals surface area (Å²) in [6.07, 6.45) is 4.16. The van der Waals surface area contributed by atoms with Crippen molar-refractivity contribution in [3.63, 3.8) is 0 Å². The van der Waals surface area contributed by atoms with Gasteiger partial charge in [-0.3, -0.25) is 42.4 Å². The lowest BCUT2D eigenvalue weighted by molar-refractivity contribution is -0.200. The van der Waals surface area contributed by atoms with Crippen molar-refractivity contribution < 1.29 is 61.1 Å². The number of unbranched alkanes of at least 4 members (excludes halogenated alkanes) is 2. The molecule has 2 aromatic carbocycles. The standard InChI is InChI=1S/C38H50N3O13P/c1-6-9-11-16-33(34(7-2)41(24-42)51-22-29-14-12-10-13-15-29)37(45)39-23-40-38(46)36-18-17-35(54-36)30-19-31(48-8-3)21-32(20-30)55(47,52-25-49-27(4)43)53-26-50-28(5)44/h10,12-15,17-21,24,33-34H,6-9,11,16,22-23,25-26H2,1-5H3,(H,39,45)(H,40,46)/t33-,34-/m1/s1. The van der Waals surface area contributed by atoms with Gasteiger partial charge in [-0.15, -0.1) is 0 Å². The van der Waals surface area contributed by atoms with Crippen LogP contribution >= 0.6 is 7.60 Å². The first-order valence-electron chi connectivity index (χ1n) is 17.9. The smallest absolute Gasteiger partial charge is 0.367 e. The maximum Gasteiger partial charge on any atom is 0.367 e. The largest absolute Gasteiger partial charge is 0.494 e. The third-order valence-electron chi connectivity index (χ3n) is 8.11. The second-order valence-corrected chi connectivity index (χ2v) is 14.1. The Morgan fingerprint density at radius 2 is 1.58 bits per heavy atom. The fraction of sp³-hybridized carbons (Fsp3) is 0.447. The number of hydrogen-bond acceptors (Lipinski definition) is 13. The van der Waals surface area contributed by atoms with Crippen LogP contribution in [0, 0.1) is 5.92 Å². The summed E-state index contributed by atoms with van der Waals surface area (Å²) in [6.45, 7) is 6.67. The quantitative estimate of drug-likeness (QED) is 0.0269. The molecular weight excluding hydrogens is 737 g/mol. The Balaban J connectivity index is 1.75. The fourth-order valence-electron chi connectivity index (χ4n) is 5.40. The molecule has 0 aliphatic carbocycles. The van der Waals surface area contributed by atoms with Gasteiger partial charge in [0.2, 0.25) is 25.9 Å². The van der Waals surface area contributed by atoms with Crippen LogP contribution in [0.3, 0.4) is 0 Å². The SMILES string of the molecule is CCCCC[C@@H](C(=O)NCNC(=O)c1ccc(-c2cc(OCC)cc(P(=O)(OCOC(C)=O)OCOC(C)=O)c2)o1)[C@@H](CC)N(C=O)OCc1ccccc1. The first-order chi connectivity index (χ1) is 26.4. The van der Waals surface area contributed by atoms with Gasteiger partial charge < -0.3 is 29.3 Å². The summed E-state index contributed by atoms with van der Waals surface area (Å²) in [5.74, 6) is -2.66. The van der Waals surface area contributed by atoms with Gasteiger partial charge in [-0.05, 0) is 55.7 Å². The van der Waals surface area contributed by atoms with Crippen molar-refractivity contribution in [2.24, 2.45) is 5.92 Å². The molecule has 0 bridgehead atoms. The van der Waals surface area contributed by atoms with Gasteiger partial charge in [0.15, 0.2) is 5.76 Å². The number of rotatable bonds is 25. The first kappa shape index (κ1) is 44.4. The molecule has 3 rings (SSSR count). The lowest BCUT2D eigenvalue weighted by Crippen LogP contribution is -2.48. The van der Waals surface area contributed by atoms with Gasteiger partial charge in [0.25, 0.3) is 5.91 Å². The van der Waals surface area contributed by atoms with E-state index in [4.69, 9.17) is 32.5 Å². The average Bonchev–Trinajstić information content (AvgIpc) is 3.66. The number of hydroxylamine groups is 2. The predicted molar refractivity (Wildman–Crippen MR) is 199 cm³/mol. The number of hydrogen-bond donors (Lipinski definition) is 2. The summed E-state index contributed by atoms with van der Waals surface area (Å²) < 4.78 is 45.6. The van der Waals surface area contributed by atoms with Crippen molar-refractivity contribution in [2.75, 3.05) is 26.9 Å². The Kier molecular flexibility index (Phi) is 18.6. The third-order valence-corrected chi connectivity index (χ3v) is 9.89. The molecule has 300 valence electrons. The normalized spacial score (nSPS) is 12.2. The Morgan fingerprint density at radius 3 is 2.18 bits per heavy atom. The third kappa shape index (κ3) is 14.3. The molecule has 1 aromatic heterocycles. The van der Waals surface area contributed by atoms with Crippen LogP contribution in [0.5, 0.6) is 5.75 Å². The number of nitrogens with one attached hydrogen (secondary N) is 2. The van der Waals surface area contributed by atoms with E-state index in [9.17, 15) is 28.5 Å². The Morgan fingerprint density at radius 1 is 0.891 bits per heavy atom. The van der Waals surface area contributed by atoms with Crippen LogP contribution in [-0.2, 0) is 53.7 Å². The molecule has 0 radical (unpaired) electrons. The molecule has 0 saturated heterocycles. The summed E-state index contributed by atoms with van der Waals surface area (Å²) >= 11 is 0. The molecule has 17 heteroatoms. The molecule has 2 N–H and O–H groups in total. The van der Waals surface area contributed by atoms with Gasteiger partial charge in [0.05, 0.1) is 30.5 Å². The maximum atomic E-state index is 13.9. The predicted octanol–water partition coefficient (Wildman–Crippen LogP) is 5.61. The number of carbonyl (C=O) groups excluding carboxylic acids is 5. The van der Waals surface area contributed by atoms with Gasteiger partial charge in [0.1, 0.15) is 18.1 Å². The zero-order chi connectivity index (χ0) is 40.2. The van der Waals surface area contributed by atoms with Crippen LogP contribution in [0.15, 0.2) is 65.1 Å². The molecule has 0 spiro atoms. The maximum absolute atomic E-state index is 13.9. The molecule has 1 heterocycles. The van der Waals surface area contributed by atoms with E-state index in [1.54, 1.807) is 13.0 Å². The van der Waals surface area contributed by atoms with Crippen LogP contribution in [0.4, 0.5) is 0 Å². The van der Waals surface area contributed by atoms with Crippen molar-refractivity contribution in [3.8, 4) is 17.1 Å². The van der Waals surface area contributed by atoms with Crippen LogP contribution in [0.25, 0.3) is 11.3 Å². The van der Waals surface area contributed by atoms with E-state index in [2.05, 4.69) is 17.6 Å². The minimum absolute atomic E-state index is 0.0460. The first-order valence-corrected chi connectivity index (χ1v) is 19.5. The molecule has 0 saturated carbocycles. The Hall–Kier alpha value is -5.02. The van der Waals surface area contributed by atoms with Gasteiger partial charge >= 0.3 is 19.5 Å². The Labute approximate surface area is 320 Å². The van der Waals surface area contributed by atoms with E-state index in [1.165, 1.54) is 29.3 Å². The highest BCUT2D eigenvalue weighted by molar-refractivity contribution is 7.62. The lowest BCUT2D eigenvalue weighted by Gasteiger charge is -2.32. The molecule has 16 nitrogen and oxygen atoms in total. The number of esters is 2. The zero-order valence-corrected chi connectivity index (χ0v) is 32.7. The summed E-state index contributed by atoms with van der Waals surface area (Å²) in [6, 6.07) is 16.1. The second-order valence-electron chi connectivity index (χ2n) is 12.1. The molecule has 0 unspecified atom stereocenters. The van der Waals surface area contributed by atoms with E-state index < -0.39 is 51.0 Å². The number of furan rings is 1. The molecule has 0 fully saturated rings. The molecule has 3 aromatic rings. The topological polar surface area (TPSA) is 198 Å². The van der Waals surface area contributed by atoms with E-state index in [1.807, 2.05) is 37.3 Å². The molecule has 2 atom stereocenters. The van der Waals surface area contributed by atoms with E-state index in [-0.39, 0.29) is 48.4 Å². The molecular formula is C38H50N3O13P. The van der Waals surface area contributed by atoms with E-state index in [0.717, 1.165) is 38.7 Å². The molecule has 0 aliphatic rings. The van der Waals surface area contributed by atoms with E-state index in [0.29, 0.717) is 24.8 Å². The lowest BCUT2D eigenvalue weighted by atomic mass is 9.90. The number of ether oxygens (including phenoxy) is 3. The average molecular weight is 788 g/mol. The van der Waals surface area contributed by atoms with Crippen LogP contribution in [0.2, 0.25) is 0 Å². The van der Waals surface area contributed by atoms with Crippen molar-refractivity contribution in [1.82, 2.24) is 15.7 Å². The van der Waals surface area contributed by atoms with Gasteiger partial charge in [-0.25, -0.2) is 5.06 Å². The van der Waals surface area contributed by atoms with Crippen molar-refractivity contribution >= 4 is 43.1 Å². The minimum atomic E-state index is -4.30. The highest BCUT2D eigenvalue weighted by atomic mass is 31.2. The Bertz CT molecular complexity index is 1730. The highest BCUT2D eigenvalue weighted by Gasteiger charge is 2.33. The molecule has 55 heavy (non-hydrogen) atoms. The summed E-state index contributed by atoms with van der Waals surface area (Å²) in [5.41, 5.74) is 1.19. The number of carbonyl (C=O) groups is 5. The van der Waals surface area contributed by atoms with Crippen LogP contribution in [-0.4, -0.2) is 68.1 Å². The van der Waals surface area contributed by atoms with Crippen molar-refractivity contribution in [1.29, 1.82) is 0 Å². The van der Waals surface area contributed by atoms with Gasteiger partial charge in [-0.2, -0.15) is 0 Å². The number of benzene rings is 2. The van der Waals surface area contributed by atoms with E-state index >= 15 is 0 Å². The fourth-order valence-corrected chi connectivity index (χ4v) is 6.74. The summed E-state index contributed by atoms with van der Waals surface area (Å²) in [5, 5.41) is 6.54. The zero-order valence-electron chi connectivity index (χ0n) is 31.8. The minimum Gasteiger partial charge on any atom is -0.494 e. The molecule has 3 amide bonds.